The zero-order valence-corrected chi connectivity index (χ0v) is 13.8. The van der Waals surface area contributed by atoms with Crippen molar-refractivity contribution < 1.29 is 18.0 Å². The molecule has 2 amide bonds. The van der Waals surface area contributed by atoms with E-state index < -0.39 is 29.3 Å². The van der Waals surface area contributed by atoms with Crippen LogP contribution in [0.3, 0.4) is 0 Å². The van der Waals surface area contributed by atoms with E-state index in [4.69, 9.17) is 5.73 Å². The Kier molecular flexibility index (Phi) is 5.44. The Morgan fingerprint density at radius 2 is 1.86 bits per heavy atom. The molecule has 5 nitrogen and oxygen atoms in total. The predicted molar refractivity (Wildman–Crippen MR) is 81.8 cm³/mol. The number of hydrogen-bond acceptors (Lipinski definition) is 2. The summed E-state index contributed by atoms with van der Waals surface area (Å²) in [4.78, 5) is 15.2. The molecular weight excluding hydrogens is 365 g/mol. The molecule has 0 aliphatic heterocycles. The summed E-state index contributed by atoms with van der Waals surface area (Å²) in [5.41, 5.74) is 3.62. The number of amides is 2. The van der Waals surface area contributed by atoms with E-state index in [1.165, 1.54) is 6.07 Å². The van der Waals surface area contributed by atoms with Crippen LogP contribution in [0.1, 0.15) is 26.3 Å². The van der Waals surface area contributed by atoms with Gasteiger partial charge in [-0.05, 0) is 39.0 Å². The number of nitrogens with zero attached hydrogens (tertiary/aromatic N) is 1. The first-order valence-corrected chi connectivity index (χ1v) is 6.98. The number of guanidine groups is 1. The molecule has 0 bridgehead atoms. The molecule has 1 aromatic rings. The molecule has 1 aromatic carbocycles. The van der Waals surface area contributed by atoms with E-state index in [2.05, 4.69) is 31.6 Å². The normalized spacial score (nSPS) is 13.0. The van der Waals surface area contributed by atoms with Gasteiger partial charge in [0.1, 0.15) is 0 Å². The molecule has 0 aliphatic rings. The zero-order chi connectivity index (χ0) is 17.1. The number of halogens is 4. The van der Waals surface area contributed by atoms with Crippen molar-refractivity contribution >= 4 is 33.6 Å². The third-order valence-corrected chi connectivity index (χ3v) is 2.73. The van der Waals surface area contributed by atoms with Crippen LogP contribution >= 0.6 is 15.9 Å². The summed E-state index contributed by atoms with van der Waals surface area (Å²) < 4.78 is 39.1. The number of nitrogens with two attached hydrogens (primary N) is 1. The molecule has 0 saturated heterocycles. The van der Waals surface area contributed by atoms with Crippen LogP contribution in [-0.4, -0.2) is 17.5 Å². The molecule has 9 heteroatoms. The predicted octanol–water partition coefficient (Wildman–Crippen LogP) is 3.51. The van der Waals surface area contributed by atoms with Gasteiger partial charge in [-0.25, -0.2) is 9.79 Å². The van der Waals surface area contributed by atoms with Crippen LogP contribution in [0.25, 0.3) is 0 Å². The van der Waals surface area contributed by atoms with E-state index in [9.17, 15) is 18.0 Å². The molecule has 0 spiro atoms. The lowest BCUT2D eigenvalue weighted by molar-refractivity contribution is -0.137. The first-order chi connectivity index (χ1) is 9.88. The second-order valence-corrected chi connectivity index (χ2v) is 6.40. The lowest BCUT2D eigenvalue weighted by Crippen LogP contribution is -2.50. The third kappa shape index (κ3) is 5.92. The summed E-state index contributed by atoms with van der Waals surface area (Å²) in [6.45, 7) is 5.24. The standard InChI is InChI=1S/C13H16BrF3N4O/c1-12(2,3)21-11(22)20-10(18)19-9-5-4-7(14)6-8(9)13(15,16)17/h4-6H,1-3H3,(H4,18,19,20,21,22). The molecule has 0 radical (unpaired) electrons. The summed E-state index contributed by atoms with van der Waals surface area (Å²) in [5.74, 6) is -0.436. The fourth-order valence-electron chi connectivity index (χ4n) is 1.48. The van der Waals surface area contributed by atoms with Crippen molar-refractivity contribution in [1.29, 1.82) is 0 Å². The van der Waals surface area contributed by atoms with Crippen LogP contribution in [-0.2, 0) is 6.18 Å². The highest BCUT2D eigenvalue weighted by Gasteiger charge is 2.33. The van der Waals surface area contributed by atoms with Crippen molar-refractivity contribution in [1.82, 2.24) is 10.6 Å². The fraction of sp³-hybridized carbons (Fsp3) is 0.385. The fourth-order valence-corrected chi connectivity index (χ4v) is 1.84. The first kappa shape index (κ1) is 18.3. The molecule has 0 aromatic heterocycles. The zero-order valence-electron chi connectivity index (χ0n) is 12.2. The van der Waals surface area contributed by atoms with Gasteiger partial charge in [0.25, 0.3) is 0 Å². The number of nitrogens with one attached hydrogen (secondary N) is 2. The maximum Gasteiger partial charge on any atom is 0.418 e. The van der Waals surface area contributed by atoms with Crippen LogP contribution in [0.5, 0.6) is 0 Å². The van der Waals surface area contributed by atoms with Gasteiger partial charge >= 0.3 is 12.2 Å². The number of rotatable bonds is 1. The van der Waals surface area contributed by atoms with Crippen LogP contribution < -0.4 is 16.4 Å². The van der Waals surface area contributed by atoms with E-state index in [1.54, 1.807) is 20.8 Å². The quantitative estimate of drug-likeness (QED) is 0.514. The molecular formula is C13H16BrF3N4O. The number of carbonyl (C=O) groups is 1. The molecule has 0 atom stereocenters. The van der Waals surface area contributed by atoms with Crippen molar-refractivity contribution in [2.45, 2.75) is 32.5 Å². The average Bonchev–Trinajstić information content (AvgIpc) is 2.27. The van der Waals surface area contributed by atoms with Crippen LogP contribution in [0.2, 0.25) is 0 Å². The Morgan fingerprint density at radius 3 is 2.36 bits per heavy atom. The Bertz CT molecular complexity index is 594. The van der Waals surface area contributed by atoms with E-state index in [1.807, 2.05) is 0 Å². The Morgan fingerprint density at radius 1 is 1.27 bits per heavy atom. The van der Waals surface area contributed by atoms with E-state index >= 15 is 0 Å². The van der Waals surface area contributed by atoms with Crippen LogP contribution in [0.4, 0.5) is 23.7 Å². The summed E-state index contributed by atoms with van der Waals surface area (Å²) in [5, 5.41) is 4.73. The van der Waals surface area contributed by atoms with Crippen LogP contribution in [0, 0.1) is 0 Å². The van der Waals surface area contributed by atoms with Gasteiger partial charge < -0.3 is 11.1 Å². The summed E-state index contributed by atoms with van der Waals surface area (Å²) >= 11 is 2.97. The van der Waals surface area contributed by atoms with Crippen LogP contribution in [0.15, 0.2) is 27.7 Å². The number of alkyl halides is 3. The molecule has 4 N–H and O–H groups in total. The number of benzene rings is 1. The highest BCUT2D eigenvalue weighted by atomic mass is 79.9. The van der Waals surface area contributed by atoms with Gasteiger partial charge in [0.15, 0.2) is 0 Å². The van der Waals surface area contributed by atoms with Gasteiger partial charge in [-0.15, -0.1) is 0 Å². The maximum absolute atomic E-state index is 12.9. The van der Waals surface area contributed by atoms with Gasteiger partial charge in [0.2, 0.25) is 5.96 Å². The SMILES string of the molecule is CC(C)(C)NC(=O)NC(N)=Nc1ccc(Br)cc1C(F)(F)F. The second kappa shape index (κ2) is 6.55. The van der Waals surface area contributed by atoms with Crippen molar-refractivity contribution in [2.24, 2.45) is 10.7 Å². The van der Waals surface area contributed by atoms with Crippen molar-refractivity contribution in [2.75, 3.05) is 0 Å². The summed E-state index contributed by atoms with van der Waals surface area (Å²) in [6.07, 6.45) is -4.59. The Labute approximate surface area is 134 Å². The van der Waals surface area contributed by atoms with Gasteiger partial charge in [0.05, 0.1) is 11.3 Å². The largest absolute Gasteiger partial charge is 0.418 e. The van der Waals surface area contributed by atoms with E-state index in [0.29, 0.717) is 0 Å². The smallest absolute Gasteiger partial charge is 0.369 e. The Hall–Kier alpha value is -1.77. The number of carbonyl (C=O) groups excluding carboxylic acids is 1. The second-order valence-electron chi connectivity index (χ2n) is 5.49. The molecule has 0 aliphatic carbocycles. The molecule has 0 heterocycles. The molecule has 1 rings (SSSR count). The minimum Gasteiger partial charge on any atom is -0.369 e. The summed E-state index contributed by atoms with van der Waals surface area (Å²) in [6, 6.07) is 2.79. The molecule has 0 unspecified atom stereocenters. The third-order valence-electron chi connectivity index (χ3n) is 2.24. The van der Waals surface area contributed by atoms with Gasteiger partial charge in [-0.2, -0.15) is 13.2 Å². The maximum atomic E-state index is 12.9. The van der Waals surface area contributed by atoms with Crippen molar-refractivity contribution in [3.8, 4) is 0 Å². The number of hydrogen-bond donors (Lipinski definition) is 3. The van der Waals surface area contributed by atoms with E-state index in [-0.39, 0.29) is 10.2 Å². The monoisotopic (exact) mass is 380 g/mol. The summed E-state index contributed by atoms with van der Waals surface area (Å²) in [7, 11) is 0. The topological polar surface area (TPSA) is 79.5 Å². The minimum absolute atomic E-state index is 0.260. The molecule has 122 valence electrons. The minimum atomic E-state index is -4.59. The molecule has 0 fully saturated rings. The van der Waals surface area contributed by atoms with Gasteiger partial charge in [0, 0.05) is 10.0 Å². The highest BCUT2D eigenvalue weighted by molar-refractivity contribution is 9.10. The highest BCUT2D eigenvalue weighted by Crippen LogP contribution is 2.37. The van der Waals surface area contributed by atoms with E-state index in [0.717, 1.165) is 12.1 Å². The Balaban J connectivity index is 3.00. The molecule has 0 saturated carbocycles. The first-order valence-electron chi connectivity index (χ1n) is 6.18. The van der Waals surface area contributed by atoms with Crippen molar-refractivity contribution in [3.05, 3.63) is 28.2 Å². The number of aliphatic imine (C=N–C) groups is 1. The lowest BCUT2D eigenvalue weighted by Gasteiger charge is -2.20. The van der Waals surface area contributed by atoms with Crippen molar-refractivity contribution in [3.63, 3.8) is 0 Å². The molecule has 22 heavy (non-hydrogen) atoms. The lowest BCUT2D eigenvalue weighted by atomic mass is 10.1. The van der Waals surface area contributed by atoms with Gasteiger partial charge in [-0.3, -0.25) is 5.32 Å². The number of urea groups is 1. The van der Waals surface area contributed by atoms with Gasteiger partial charge in [-0.1, -0.05) is 15.9 Å². The average molecular weight is 381 g/mol.